The van der Waals surface area contributed by atoms with Crippen LogP contribution >= 0.6 is 0 Å². The number of amides is 1. The first-order valence-electron chi connectivity index (χ1n) is 8.07. The van der Waals surface area contributed by atoms with Gasteiger partial charge in [0, 0.05) is 6.54 Å². The van der Waals surface area contributed by atoms with Crippen molar-refractivity contribution in [2.24, 2.45) is 0 Å². The first-order chi connectivity index (χ1) is 11.6. The number of rotatable bonds is 6. The van der Waals surface area contributed by atoms with E-state index in [9.17, 15) is 4.79 Å². The summed E-state index contributed by atoms with van der Waals surface area (Å²) in [7, 11) is 3.95. The summed E-state index contributed by atoms with van der Waals surface area (Å²) in [5, 5.41) is 5.35. The molecule has 124 valence electrons. The number of hydrogen-bond donors (Lipinski definition) is 1. The van der Waals surface area contributed by atoms with Gasteiger partial charge >= 0.3 is 0 Å². The lowest BCUT2D eigenvalue weighted by molar-refractivity contribution is -0.120. The van der Waals surface area contributed by atoms with E-state index in [1.807, 2.05) is 49.3 Å². The average Bonchev–Trinajstić information content (AvgIpc) is 3.09. The van der Waals surface area contributed by atoms with Crippen molar-refractivity contribution in [3.8, 4) is 0 Å². The molecule has 1 unspecified atom stereocenters. The highest BCUT2D eigenvalue weighted by atomic mass is 16.3. The third kappa shape index (κ3) is 3.84. The van der Waals surface area contributed by atoms with Crippen LogP contribution in [0.4, 0.5) is 0 Å². The highest BCUT2D eigenvalue weighted by Crippen LogP contribution is 2.18. The summed E-state index contributed by atoms with van der Waals surface area (Å²) in [5.41, 5.74) is 1.02. The van der Waals surface area contributed by atoms with E-state index in [2.05, 4.69) is 29.6 Å². The Kier molecular flexibility index (Phi) is 4.96. The van der Waals surface area contributed by atoms with Crippen molar-refractivity contribution in [3.05, 3.63) is 72.2 Å². The van der Waals surface area contributed by atoms with Crippen LogP contribution in [0.15, 0.2) is 65.3 Å². The number of nitrogens with zero attached hydrogens (tertiary/aromatic N) is 1. The second kappa shape index (κ2) is 7.32. The van der Waals surface area contributed by atoms with E-state index < -0.39 is 0 Å². The second-order valence-electron chi connectivity index (χ2n) is 6.16. The molecule has 1 amide bonds. The maximum absolute atomic E-state index is 12.3. The summed E-state index contributed by atoms with van der Waals surface area (Å²) in [6.45, 7) is 0.521. The van der Waals surface area contributed by atoms with Gasteiger partial charge < -0.3 is 9.73 Å². The van der Waals surface area contributed by atoms with Gasteiger partial charge in [-0.05, 0) is 42.6 Å². The van der Waals surface area contributed by atoms with Crippen molar-refractivity contribution in [2.45, 2.75) is 12.5 Å². The van der Waals surface area contributed by atoms with Crippen LogP contribution < -0.4 is 5.32 Å². The van der Waals surface area contributed by atoms with Crippen LogP contribution in [-0.4, -0.2) is 31.4 Å². The molecule has 0 saturated carbocycles. The van der Waals surface area contributed by atoms with Crippen molar-refractivity contribution in [2.75, 3.05) is 20.6 Å². The minimum atomic E-state index is 0.0173. The number of benzene rings is 2. The Morgan fingerprint density at radius 3 is 2.58 bits per heavy atom. The fourth-order valence-electron chi connectivity index (χ4n) is 2.83. The molecular formula is C20H22N2O2. The van der Waals surface area contributed by atoms with Gasteiger partial charge in [-0.25, -0.2) is 0 Å². The Bertz CT molecular complexity index is 809. The zero-order valence-corrected chi connectivity index (χ0v) is 14.0. The van der Waals surface area contributed by atoms with Crippen LogP contribution in [0.5, 0.6) is 0 Å². The summed E-state index contributed by atoms with van der Waals surface area (Å²) < 4.78 is 5.46. The normalized spacial score (nSPS) is 12.5. The van der Waals surface area contributed by atoms with Gasteiger partial charge in [-0.3, -0.25) is 9.69 Å². The summed E-state index contributed by atoms with van der Waals surface area (Å²) >= 11 is 0. The van der Waals surface area contributed by atoms with Crippen LogP contribution in [-0.2, 0) is 11.2 Å². The fourth-order valence-corrected chi connectivity index (χ4v) is 2.83. The number of nitrogens with one attached hydrogen (secondary N) is 1. The van der Waals surface area contributed by atoms with Crippen LogP contribution in [0.2, 0.25) is 0 Å². The smallest absolute Gasteiger partial charge is 0.224 e. The number of furan rings is 1. The van der Waals surface area contributed by atoms with E-state index in [4.69, 9.17) is 4.42 Å². The topological polar surface area (TPSA) is 45.5 Å². The highest BCUT2D eigenvalue weighted by Gasteiger charge is 2.17. The lowest BCUT2D eigenvalue weighted by atomic mass is 10.0. The van der Waals surface area contributed by atoms with Crippen LogP contribution in [0.3, 0.4) is 0 Å². The van der Waals surface area contributed by atoms with Gasteiger partial charge in [-0.1, -0.05) is 42.5 Å². The zero-order chi connectivity index (χ0) is 16.9. The quantitative estimate of drug-likeness (QED) is 0.756. The number of hydrogen-bond acceptors (Lipinski definition) is 3. The van der Waals surface area contributed by atoms with Crippen LogP contribution in [0.1, 0.15) is 17.4 Å². The zero-order valence-electron chi connectivity index (χ0n) is 14.0. The summed E-state index contributed by atoms with van der Waals surface area (Å²) in [5.74, 6) is 0.870. The third-order valence-corrected chi connectivity index (χ3v) is 4.17. The lowest BCUT2D eigenvalue weighted by Gasteiger charge is -2.22. The summed E-state index contributed by atoms with van der Waals surface area (Å²) in [6.07, 6.45) is 2.03. The van der Waals surface area contributed by atoms with Crippen molar-refractivity contribution in [1.82, 2.24) is 10.2 Å². The third-order valence-electron chi connectivity index (χ3n) is 4.17. The fraction of sp³-hybridized carbons (Fsp3) is 0.250. The molecule has 4 heteroatoms. The molecule has 0 fully saturated rings. The SMILES string of the molecule is CN(C)C(CNC(=O)Cc1ccc2ccccc2c1)c1ccco1. The minimum Gasteiger partial charge on any atom is -0.468 e. The van der Waals surface area contributed by atoms with Crippen LogP contribution in [0, 0.1) is 0 Å². The van der Waals surface area contributed by atoms with Crippen molar-refractivity contribution >= 4 is 16.7 Å². The Morgan fingerprint density at radius 1 is 1.08 bits per heavy atom. The molecule has 0 aliphatic carbocycles. The van der Waals surface area contributed by atoms with Crippen LogP contribution in [0.25, 0.3) is 10.8 Å². The minimum absolute atomic E-state index is 0.0173. The Morgan fingerprint density at radius 2 is 1.88 bits per heavy atom. The number of carbonyl (C=O) groups is 1. The summed E-state index contributed by atoms with van der Waals surface area (Å²) in [4.78, 5) is 14.3. The molecule has 2 aromatic carbocycles. The molecule has 1 N–H and O–H groups in total. The number of carbonyl (C=O) groups excluding carboxylic acids is 1. The molecule has 0 aliphatic rings. The maximum Gasteiger partial charge on any atom is 0.224 e. The number of likely N-dealkylation sites (N-methyl/N-ethyl adjacent to an activating group) is 1. The first-order valence-corrected chi connectivity index (χ1v) is 8.07. The Labute approximate surface area is 142 Å². The molecule has 1 aromatic heterocycles. The molecule has 0 radical (unpaired) electrons. The largest absolute Gasteiger partial charge is 0.468 e. The molecule has 0 aliphatic heterocycles. The van der Waals surface area contributed by atoms with E-state index in [0.717, 1.165) is 16.7 Å². The van der Waals surface area contributed by atoms with Gasteiger partial charge in [-0.15, -0.1) is 0 Å². The molecular weight excluding hydrogens is 300 g/mol. The van der Waals surface area contributed by atoms with Crippen molar-refractivity contribution in [1.29, 1.82) is 0 Å². The monoisotopic (exact) mass is 322 g/mol. The molecule has 3 rings (SSSR count). The van der Waals surface area contributed by atoms with Gasteiger partial charge in [0.25, 0.3) is 0 Å². The first kappa shape index (κ1) is 16.3. The predicted octanol–water partition coefficient (Wildman–Crippen LogP) is 3.39. The van der Waals surface area contributed by atoms with Gasteiger partial charge in [-0.2, -0.15) is 0 Å². The predicted molar refractivity (Wildman–Crippen MR) is 95.8 cm³/mol. The second-order valence-corrected chi connectivity index (χ2v) is 6.16. The van der Waals surface area contributed by atoms with Crippen molar-refractivity contribution in [3.63, 3.8) is 0 Å². The van der Waals surface area contributed by atoms with Gasteiger partial charge in [0.15, 0.2) is 0 Å². The number of fused-ring (bicyclic) bond motifs is 1. The Hall–Kier alpha value is -2.59. The molecule has 0 spiro atoms. The molecule has 3 aromatic rings. The summed E-state index contributed by atoms with van der Waals surface area (Å²) in [6, 6.07) is 18.1. The molecule has 1 heterocycles. The molecule has 0 saturated heterocycles. The molecule has 0 bridgehead atoms. The van der Waals surface area contributed by atoms with Gasteiger partial charge in [0.05, 0.1) is 18.7 Å². The average molecular weight is 322 g/mol. The molecule has 24 heavy (non-hydrogen) atoms. The van der Waals surface area contributed by atoms with E-state index in [-0.39, 0.29) is 11.9 Å². The van der Waals surface area contributed by atoms with E-state index in [1.165, 1.54) is 5.39 Å². The maximum atomic E-state index is 12.3. The lowest BCUT2D eigenvalue weighted by Crippen LogP contribution is -2.35. The van der Waals surface area contributed by atoms with E-state index in [1.54, 1.807) is 6.26 Å². The van der Waals surface area contributed by atoms with E-state index >= 15 is 0 Å². The van der Waals surface area contributed by atoms with Gasteiger partial charge in [0.2, 0.25) is 5.91 Å². The van der Waals surface area contributed by atoms with Gasteiger partial charge in [0.1, 0.15) is 5.76 Å². The van der Waals surface area contributed by atoms with E-state index in [0.29, 0.717) is 13.0 Å². The molecule has 1 atom stereocenters. The standard InChI is InChI=1S/C20H22N2O2/c1-22(2)18(19-8-5-11-24-19)14-21-20(23)13-15-9-10-16-6-3-4-7-17(16)12-15/h3-12,18H,13-14H2,1-2H3,(H,21,23). The highest BCUT2D eigenvalue weighted by molar-refractivity contribution is 5.85. The van der Waals surface area contributed by atoms with Crippen molar-refractivity contribution < 1.29 is 9.21 Å². The molecule has 4 nitrogen and oxygen atoms in total. The Balaban J connectivity index is 1.62.